The fraction of sp³-hybridized carbons (Fsp3) is 0.222. The highest BCUT2D eigenvalue weighted by atomic mass is 16.1. The van der Waals surface area contributed by atoms with Crippen molar-refractivity contribution in [2.75, 3.05) is 0 Å². The Labute approximate surface area is 130 Å². The first-order chi connectivity index (χ1) is 10.8. The van der Waals surface area contributed by atoms with E-state index in [-0.39, 0.29) is 18.2 Å². The quantitative estimate of drug-likeness (QED) is 0.772. The van der Waals surface area contributed by atoms with Gasteiger partial charge in [-0.15, -0.1) is 0 Å². The molecule has 2 aromatic heterocycles. The minimum Gasteiger partial charge on any atom is -0.370 e. The van der Waals surface area contributed by atoms with E-state index in [0.29, 0.717) is 0 Å². The van der Waals surface area contributed by atoms with Gasteiger partial charge in [0.15, 0.2) is 0 Å². The lowest BCUT2D eigenvalue weighted by Gasteiger charge is -2.15. The Balaban J connectivity index is 0.000000847. The van der Waals surface area contributed by atoms with E-state index in [9.17, 15) is 4.79 Å². The third kappa shape index (κ3) is 3.34. The zero-order valence-electron chi connectivity index (χ0n) is 12.9. The second kappa shape index (κ2) is 7.41. The predicted molar refractivity (Wildman–Crippen MR) is 89.5 cm³/mol. The third-order valence-electron chi connectivity index (χ3n) is 3.47. The van der Waals surface area contributed by atoms with Gasteiger partial charge >= 0.3 is 0 Å². The Morgan fingerprint density at radius 2 is 1.91 bits per heavy atom. The van der Waals surface area contributed by atoms with E-state index in [0.717, 1.165) is 22.2 Å². The molecule has 114 valence electrons. The standard InChI is InChI=1S/C16H15N3O.C2H6/c17-15(20)9-13(11-5-2-1-3-6-11)14-10-19-16-12(14)7-4-8-18-16;1-2/h1-8,10,13H,9H2,(H2,17,20)(H,18,19);1-2H3. The van der Waals surface area contributed by atoms with Crippen LogP contribution in [0.2, 0.25) is 0 Å². The zero-order valence-corrected chi connectivity index (χ0v) is 12.9. The number of aromatic amines is 1. The summed E-state index contributed by atoms with van der Waals surface area (Å²) in [5.41, 5.74) is 8.38. The van der Waals surface area contributed by atoms with E-state index >= 15 is 0 Å². The smallest absolute Gasteiger partial charge is 0.218 e. The number of nitrogens with one attached hydrogen (secondary N) is 1. The number of aromatic nitrogens is 2. The van der Waals surface area contributed by atoms with Gasteiger partial charge in [-0.25, -0.2) is 4.98 Å². The molecule has 4 nitrogen and oxygen atoms in total. The van der Waals surface area contributed by atoms with Crippen molar-refractivity contribution in [2.24, 2.45) is 5.73 Å². The van der Waals surface area contributed by atoms with Crippen LogP contribution in [-0.4, -0.2) is 15.9 Å². The van der Waals surface area contributed by atoms with Crippen LogP contribution in [-0.2, 0) is 4.79 Å². The lowest BCUT2D eigenvalue weighted by atomic mass is 9.88. The van der Waals surface area contributed by atoms with Crippen LogP contribution in [0.3, 0.4) is 0 Å². The normalized spacial score (nSPS) is 11.5. The van der Waals surface area contributed by atoms with Crippen molar-refractivity contribution in [3.8, 4) is 0 Å². The summed E-state index contributed by atoms with van der Waals surface area (Å²) in [4.78, 5) is 18.8. The molecule has 0 aliphatic rings. The SMILES string of the molecule is CC.NC(=O)CC(c1ccccc1)c1c[nH]c2ncccc12. The van der Waals surface area contributed by atoms with E-state index in [4.69, 9.17) is 5.73 Å². The summed E-state index contributed by atoms with van der Waals surface area (Å²) in [5.74, 6) is -0.358. The van der Waals surface area contributed by atoms with Gasteiger partial charge in [-0.2, -0.15) is 0 Å². The molecular weight excluding hydrogens is 274 g/mol. The fourth-order valence-corrected chi connectivity index (χ4v) is 2.56. The first-order valence-corrected chi connectivity index (χ1v) is 7.51. The van der Waals surface area contributed by atoms with Crippen LogP contribution in [0.15, 0.2) is 54.9 Å². The van der Waals surface area contributed by atoms with Crippen molar-refractivity contribution >= 4 is 16.9 Å². The van der Waals surface area contributed by atoms with Gasteiger partial charge in [0.25, 0.3) is 0 Å². The molecule has 1 aromatic carbocycles. The average Bonchev–Trinajstić information content (AvgIpc) is 2.99. The number of amides is 1. The topological polar surface area (TPSA) is 71.8 Å². The van der Waals surface area contributed by atoms with Crippen molar-refractivity contribution in [1.82, 2.24) is 9.97 Å². The zero-order chi connectivity index (χ0) is 15.9. The van der Waals surface area contributed by atoms with E-state index < -0.39 is 0 Å². The molecule has 0 saturated heterocycles. The van der Waals surface area contributed by atoms with Crippen LogP contribution in [0, 0.1) is 0 Å². The summed E-state index contributed by atoms with van der Waals surface area (Å²) >= 11 is 0. The lowest BCUT2D eigenvalue weighted by molar-refractivity contribution is -0.118. The van der Waals surface area contributed by atoms with Gasteiger partial charge in [0.2, 0.25) is 5.91 Å². The number of nitrogens with two attached hydrogens (primary N) is 1. The maximum Gasteiger partial charge on any atom is 0.218 e. The Bertz CT molecular complexity index is 734. The number of fused-ring (bicyclic) bond motifs is 1. The molecular formula is C18H21N3O. The number of hydrogen-bond donors (Lipinski definition) is 2. The van der Waals surface area contributed by atoms with E-state index in [2.05, 4.69) is 9.97 Å². The molecule has 0 bridgehead atoms. The van der Waals surface area contributed by atoms with Crippen molar-refractivity contribution < 1.29 is 4.79 Å². The van der Waals surface area contributed by atoms with Gasteiger partial charge < -0.3 is 10.7 Å². The molecule has 3 N–H and O–H groups in total. The lowest BCUT2D eigenvalue weighted by Crippen LogP contribution is -2.16. The number of rotatable bonds is 4. The molecule has 0 aliphatic heterocycles. The summed E-state index contributed by atoms with van der Waals surface area (Å²) in [6, 6.07) is 13.8. The van der Waals surface area contributed by atoms with Crippen molar-refractivity contribution in [1.29, 1.82) is 0 Å². The van der Waals surface area contributed by atoms with Crippen LogP contribution in [0.25, 0.3) is 11.0 Å². The van der Waals surface area contributed by atoms with Gasteiger partial charge in [0, 0.05) is 30.1 Å². The van der Waals surface area contributed by atoms with Gasteiger partial charge in [-0.3, -0.25) is 4.79 Å². The molecule has 3 aromatic rings. The Hall–Kier alpha value is -2.62. The van der Waals surface area contributed by atoms with Crippen molar-refractivity contribution in [3.05, 3.63) is 66.0 Å². The highest BCUT2D eigenvalue weighted by molar-refractivity contribution is 5.83. The van der Waals surface area contributed by atoms with E-state index in [1.54, 1.807) is 6.20 Å². The third-order valence-corrected chi connectivity index (χ3v) is 3.47. The van der Waals surface area contributed by atoms with Crippen LogP contribution in [0.1, 0.15) is 37.3 Å². The number of carbonyl (C=O) groups is 1. The summed E-state index contributed by atoms with van der Waals surface area (Å²) < 4.78 is 0. The minimum atomic E-state index is -0.308. The number of benzene rings is 1. The maximum atomic E-state index is 11.4. The number of carbonyl (C=O) groups excluding carboxylic acids is 1. The van der Waals surface area contributed by atoms with Crippen LogP contribution >= 0.6 is 0 Å². The summed E-state index contributed by atoms with van der Waals surface area (Å²) in [6.45, 7) is 4.00. The molecule has 0 fully saturated rings. The van der Waals surface area contributed by atoms with Crippen molar-refractivity contribution in [2.45, 2.75) is 26.2 Å². The molecule has 22 heavy (non-hydrogen) atoms. The molecule has 1 unspecified atom stereocenters. The van der Waals surface area contributed by atoms with Crippen LogP contribution in [0.5, 0.6) is 0 Å². The largest absolute Gasteiger partial charge is 0.370 e. The molecule has 0 saturated carbocycles. The van der Waals surface area contributed by atoms with Gasteiger partial charge in [0.1, 0.15) is 5.65 Å². The molecule has 1 atom stereocenters. The predicted octanol–water partition coefficient (Wildman–Crippen LogP) is 3.60. The van der Waals surface area contributed by atoms with Crippen molar-refractivity contribution in [3.63, 3.8) is 0 Å². The number of pyridine rings is 1. The molecule has 0 aliphatic carbocycles. The van der Waals surface area contributed by atoms with Crippen LogP contribution in [0.4, 0.5) is 0 Å². The Morgan fingerprint density at radius 3 is 2.59 bits per heavy atom. The first-order valence-electron chi connectivity index (χ1n) is 7.51. The van der Waals surface area contributed by atoms with Gasteiger partial charge in [0.05, 0.1) is 0 Å². The van der Waals surface area contributed by atoms with Crippen LogP contribution < -0.4 is 5.73 Å². The number of primary amides is 1. The number of H-pyrrole nitrogens is 1. The second-order valence-electron chi connectivity index (χ2n) is 4.78. The molecule has 3 rings (SSSR count). The number of hydrogen-bond acceptors (Lipinski definition) is 2. The summed E-state index contributed by atoms with van der Waals surface area (Å²) in [6.07, 6.45) is 3.94. The van der Waals surface area contributed by atoms with E-state index in [1.165, 1.54) is 0 Å². The highest BCUT2D eigenvalue weighted by Gasteiger charge is 2.20. The monoisotopic (exact) mass is 295 g/mol. The molecule has 0 spiro atoms. The molecule has 0 radical (unpaired) electrons. The average molecular weight is 295 g/mol. The minimum absolute atomic E-state index is 0.0494. The molecule has 1 amide bonds. The Morgan fingerprint density at radius 1 is 1.18 bits per heavy atom. The maximum absolute atomic E-state index is 11.4. The van der Waals surface area contributed by atoms with E-state index in [1.807, 2.05) is 62.5 Å². The summed E-state index contributed by atoms with van der Waals surface area (Å²) in [5, 5.41) is 1.03. The molecule has 2 heterocycles. The molecule has 4 heteroatoms. The van der Waals surface area contributed by atoms with Gasteiger partial charge in [-0.05, 0) is 23.3 Å². The Kier molecular flexibility index (Phi) is 5.31. The fourth-order valence-electron chi connectivity index (χ4n) is 2.56. The number of nitrogens with zero attached hydrogens (tertiary/aromatic N) is 1. The summed E-state index contributed by atoms with van der Waals surface area (Å²) in [7, 11) is 0. The second-order valence-corrected chi connectivity index (χ2v) is 4.78. The van der Waals surface area contributed by atoms with Gasteiger partial charge in [-0.1, -0.05) is 44.2 Å². The first kappa shape index (κ1) is 15.8. The highest BCUT2D eigenvalue weighted by Crippen LogP contribution is 2.32.